The van der Waals surface area contributed by atoms with Crippen LogP contribution >= 0.6 is 0 Å². The molecule has 1 aliphatic rings. The number of nitrogens with one attached hydrogen (secondary N) is 2. The highest BCUT2D eigenvalue weighted by Crippen LogP contribution is 2.22. The lowest BCUT2D eigenvalue weighted by Gasteiger charge is -2.32. The van der Waals surface area contributed by atoms with Gasteiger partial charge in [-0.15, -0.1) is 0 Å². The third-order valence-electron chi connectivity index (χ3n) is 4.72. The van der Waals surface area contributed by atoms with Crippen LogP contribution in [0.1, 0.15) is 25.7 Å². The Kier molecular flexibility index (Phi) is 7.18. The number of methoxy groups -OCH3 is 1. The fourth-order valence-electron chi connectivity index (χ4n) is 3.10. The lowest BCUT2D eigenvalue weighted by atomic mass is 9.95. The Morgan fingerprint density at radius 3 is 1.50 bits per heavy atom. The van der Waals surface area contributed by atoms with Gasteiger partial charge >= 0.3 is 0 Å². The molecule has 0 amide bonds. The Hall–Kier alpha value is -2.24. The molecule has 9 heteroatoms. The lowest BCUT2D eigenvalue weighted by Crippen LogP contribution is -3.02. The summed E-state index contributed by atoms with van der Waals surface area (Å²) in [4.78, 5) is 15.7. The van der Waals surface area contributed by atoms with Gasteiger partial charge in [-0.2, -0.15) is 26.0 Å². The van der Waals surface area contributed by atoms with Gasteiger partial charge in [0.05, 0.1) is 7.11 Å². The molecule has 2 atom stereocenters. The Labute approximate surface area is 163 Å². The minimum Gasteiger partial charge on any atom is -0.595 e. The maximum Gasteiger partial charge on any atom is 0.164 e. The van der Waals surface area contributed by atoms with Crippen molar-refractivity contribution in [3.63, 3.8) is 0 Å². The third-order valence-corrected chi connectivity index (χ3v) is 4.72. The molecule has 9 nitrogen and oxygen atoms in total. The van der Waals surface area contributed by atoms with Crippen LogP contribution in [0.3, 0.4) is 0 Å². The van der Waals surface area contributed by atoms with E-state index in [2.05, 4.69) is 4.84 Å². The quantitative estimate of drug-likeness (QED) is 0.571. The van der Waals surface area contributed by atoms with Crippen LogP contribution in [0, 0.1) is 10.4 Å². The molecule has 1 fully saturated rings. The van der Waals surface area contributed by atoms with E-state index >= 15 is 0 Å². The highest BCUT2D eigenvalue weighted by Gasteiger charge is 2.27. The van der Waals surface area contributed by atoms with Crippen LogP contribution in [0.15, 0.2) is 48.5 Å². The normalized spacial score (nSPS) is 21.7. The molecule has 2 aromatic carbocycles. The highest BCUT2D eigenvalue weighted by atomic mass is 16.9. The number of benzene rings is 2. The van der Waals surface area contributed by atoms with E-state index in [1.165, 1.54) is 0 Å². The maximum absolute atomic E-state index is 12.2. The van der Waals surface area contributed by atoms with Crippen LogP contribution in [-0.2, 0) is 9.68 Å². The van der Waals surface area contributed by atoms with Gasteiger partial charge in [0, 0.05) is 24.3 Å². The van der Waals surface area contributed by atoms with Crippen molar-refractivity contribution in [1.82, 2.24) is 0 Å². The summed E-state index contributed by atoms with van der Waals surface area (Å²) in [6, 6.07) is 13.2. The van der Waals surface area contributed by atoms with E-state index in [0.29, 0.717) is 48.6 Å². The van der Waals surface area contributed by atoms with Crippen LogP contribution in [0.2, 0.25) is 0 Å². The summed E-state index contributed by atoms with van der Waals surface area (Å²) in [5.41, 5.74) is 0.924. The Balaban J connectivity index is 1.44. The second-order valence-electron chi connectivity index (χ2n) is 6.58. The minimum atomic E-state index is -0.387. The number of nitrogens with two attached hydrogens (primary N) is 1. The first kappa shape index (κ1) is 20.5. The largest absolute Gasteiger partial charge is 0.595 e. The standard InChI is InChI=1S/C19H25N3O6/c1-25-16-6-2-14(3-7-16)21(23)27-18-10-12-19(13-11-18)28-22(24)15-4-8-17(26-20)9-5-15/h2-9,18-19,21-22H,10-13,20H2,1H3. The fourth-order valence-corrected chi connectivity index (χ4v) is 3.10. The SMILES string of the molecule is COc1ccc([NH+]([O-])OC2CCC(O[NH+]([O-])c3ccc(ON)cc3)CC2)cc1. The van der Waals surface area contributed by atoms with Crippen molar-refractivity contribution in [2.24, 2.45) is 5.90 Å². The van der Waals surface area contributed by atoms with Gasteiger partial charge < -0.3 is 20.0 Å². The molecule has 0 aliphatic heterocycles. The smallest absolute Gasteiger partial charge is 0.164 e. The van der Waals surface area contributed by atoms with E-state index in [-0.39, 0.29) is 22.7 Å². The van der Waals surface area contributed by atoms with E-state index in [0.717, 1.165) is 0 Å². The Morgan fingerprint density at radius 2 is 1.14 bits per heavy atom. The van der Waals surface area contributed by atoms with Crippen LogP contribution < -0.4 is 25.9 Å². The summed E-state index contributed by atoms with van der Waals surface area (Å²) in [5, 5.41) is 23.7. The predicted molar refractivity (Wildman–Crippen MR) is 100 cm³/mol. The molecule has 1 saturated carbocycles. The van der Waals surface area contributed by atoms with Crippen molar-refractivity contribution in [2.75, 3.05) is 7.11 Å². The number of rotatable bonds is 8. The fraction of sp³-hybridized carbons (Fsp3) is 0.368. The maximum atomic E-state index is 12.2. The first-order chi connectivity index (χ1) is 13.6. The topological polar surface area (TPSA) is 118 Å². The zero-order valence-corrected chi connectivity index (χ0v) is 15.6. The van der Waals surface area contributed by atoms with Crippen molar-refractivity contribution in [3.8, 4) is 11.5 Å². The average molecular weight is 391 g/mol. The van der Waals surface area contributed by atoms with Gasteiger partial charge in [-0.3, -0.25) is 0 Å². The number of quaternary nitrogens is 2. The molecule has 0 aromatic heterocycles. The monoisotopic (exact) mass is 391 g/mol. The number of ether oxygens (including phenoxy) is 1. The molecule has 0 saturated heterocycles. The number of hydrogen-bond donors (Lipinski definition) is 3. The molecule has 0 spiro atoms. The summed E-state index contributed by atoms with van der Waals surface area (Å²) >= 11 is 0. The lowest BCUT2D eigenvalue weighted by molar-refractivity contribution is -1.01. The van der Waals surface area contributed by atoms with Crippen LogP contribution in [0.5, 0.6) is 11.5 Å². The van der Waals surface area contributed by atoms with Crippen molar-refractivity contribution in [1.29, 1.82) is 0 Å². The van der Waals surface area contributed by atoms with Crippen molar-refractivity contribution < 1.29 is 29.7 Å². The van der Waals surface area contributed by atoms with Gasteiger partial charge in [-0.1, -0.05) is 0 Å². The molecule has 0 bridgehead atoms. The van der Waals surface area contributed by atoms with Crippen molar-refractivity contribution >= 4 is 11.4 Å². The van der Waals surface area contributed by atoms with Gasteiger partial charge in [0.1, 0.15) is 23.7 Å². The molecule has 4 N–H and O–H groups in total. The zero-order valence-electron chi connectivity index (χ0n) is 15.6. The summed E-state index contributed by atoms with van der Waals surface area (Å²) in [7, 11) is 1.57. The highest BCUT2D eigenvalue weighted by molar-refractivity contribution is 5.36. The summed E-state index contributed by atoms with van der Waals surface area (Å²) in [6.45, 7) is 0. The molecule has 1 aliphatic carbocycles. The third kappa shape index (κ3) is 5.40. The molecule has 28 heavy (non-hydrogen) atoms. The molecule has 2 unspecified atom stereocenters. The van der Waals surface area contributed by atoms with E-state index in [1.807, 2.05) is 0 Å². The summed E-state index contributed by atoms with van der Waals surface area (Å²) in [6.07, 6.45) is 2.24. The molecule has 152 valence electrons. The van der Waals surface area contributed by atoms with E-state index in [9.17, 15) is 10.4 Å². The van der Waals surface area contributed by atoms with Gasteiger partial charge in [-0.25, -0.2) is 0 Å². The zero-order chi connectivity index (χ0) is 19.9. The van der Waals surface area contributed by atoms with Gasteiger partial charge in [-0.05, 0) is 49.9 Å². The van der Waals surface area contributed by atoms with Gasteiger partial charge in [0.25, 0.3) is 0 Å². The Morgan fingerprint density at radius 1 is 0.750 bits per heavy atom. The molecular formula is C19H25N3O6. The molecule has 0 radical (unpaired) electrons. The second kappa shape index (κ2) is 9.80. The van der Waals surface area contributed by atoms with Crippen molar-refractivity contribution in [3.05, 3.63) is 58.9 Å². The Bertz CT molecular complexity index is 656. The molecule has 2 aromatic rings. The van der Waals surface area contributed by atoms with Gasteiger partial charge in [0.2, 0.25) is 0 Å². The van der Waals surface area contributed by atoms with Crippen molar-refractivity contribution in [2.45, 2.75) is 37.9 Å². The minimum absolute atomic E-state index is 0.175. The van der Waals surface area contributed by atoms with Crippen LogP contribution in [0.25, 0.3) is 0 Å². The summed E-state index contributed by atoms with van der Waals surface area (Å²) < 4.78 is 5.08. The first-order valence-electron chi connectivity index (χ1n) is 9.12. The van der Waals surface area contributed by atoms with E-state index in [1.54, 1.807) is 55.6 Å². The molecular weight excluding hydrogens is 366 g/mol. The van der Waals surface area contributed by atoms with E-state index < -0.39 is 0 Å². The predicted octanol–water partition coefficient (Wildman–Crippen LogP) is 0.851. The summed E-state index contributed by atoms with van der Waals surface area (Å²) in [5.74, 6) is 6.22. The first-order valence-corrected chi connectivity index (χ1v) is 9.12. The molecule has 3 rings (SSSR count). The number of hydrogen-bond acceptors (Lipinski definition) is 7. The van der Waals surface area contributed by atoms with Crippen LogP contribution in [-0.4, -0.2) is 19.3 Å². The average Bonchev–Trinajstić information content (AvgIpc) is 2.75. The van der Waals surface area contributed by atoms with Gasteiger partial charge in [0.15, 0.2) is 11.4 Å². The van der Waals surface area contributed by atoms with E-state index in [4.69, 9.17) is 20.3 Å². The second-order valence-corrected chi connectivity index (χ2v) is 6.58. The van der Waals surface area contributed by atoms with Crippen LogP contribution in [0.4, 0.5) is 11.4 Å². The molecule has 0 heterocycles.